The molecule has 3 heterocycles. The molecule has 2 N–H and O–H groups in total. The van der Waals surface area contributed by atoms with Gasteiger partial charge in [-0.05, 0) is 38.3 Å². The predicted octanol–water partition coefficient (Wildman–Crippen LogP) is 2.82. The number of hydrogen-bond donors (Lipinski definition) is 1. The van der Waals surface area contributed by atoms with Crippen LogP contribution in [-0.2, 0) is 14.3 Å². The smallest absolute Gasteiger partial charge is 0.351 e. The Bertz CT molecular complexity index is 924. The van der Waals surface area contributed by atoms with E-state index in [9.17, 15) is 9.59 Å². The number of rotatable bonds is 3. The number of thiophene rings is 1. The lowest BCUT2D eigenvalue weighted by molar-refractivity contribution is -0.152. The highest BCUT2D eigenvalue weighted by Gasteiger charge is 2.37. The maximum absolute atomic E-state index is 12.7. The van der Waals surface area contributed by atoms with Crippen molar-refractivity contribution in [2.75, 3.05) is 25.5 Å². The Kier molecular flexibility index (Phi) is 5.25. The summed E-state index contributed by atoms with van der Waals surface area (Å²) < 4.78 is 11.1. The van der Waals surface area contributed by atoms with Crippen LogP contribution in [-0.4, -0.2) is 53.7 Å². The molecule has 1 amide bonds. The number of esters is 1. The van der Waals surface area contributed by atoms with Crippen LogP contribution in [0.15, 0.2) is 6.07 Å². The Morgan fingerprint density at radius 3 is 2.96 bits per heavy atom. The van der Waals surface area contributed by atoms with Gasteiger partial charge in [-0.3, -0.25) is 4.79 Å². The lowest BCUT2D eigenvalue weighted by Crippen LogP contribution is -2.55. The summed E-state index contributed by atoms with van der Waals surface area (Å²) in [6.07, 6.45) is 4.27. The van der Waals surface area contributed by atoms with Crippen LogP contribution in [0.1, 0.15) is 46.6 Å². The van der Waals surface area contributed by atoms with E-state index >= 15 is 0 Å². The first-order valence-electron chi connectivity index (χ1n) is 9.70. The number of carbonyl (C=O) groups is 2. The van der Waals surface area contributed by atoms with E-state index in [-0.39, 0.29) is 24.7 Å². The van der Waals surface area contributed by atoms with Crippen LogP contribution in [0.4, 0.5) is 5.69 Å². The van der Waals surface area contributed by atoms with Crippen molar-refractivity contribution >= 4 is 39.1 Å². The lowest BCUT2D eigenvalue weighted by atomic mass is 9.90. The monoisotopic (exact) mass is 403 g/mol. The molecule has 2 fully saturated rings. The van der Waals surface area contributed by atoms with E-state index in [4.69, 9.17) is 15.2 Å². The second kappa shape index (κ2) is 7.67. The molecule has 0 bridgehead atoms. The molecule has 0 spiro atoms. The summed E-state index contributed by atoms with van der Waals surface area (Å²) in [6.45, 7) is 4.65. The number of nitrogens with two attached hydrogens (primary N) is 1. The van der Waals surface area contributed by atoms with Gasteiger partial charge in [-0.1, -0.05) is 12.8 Å². The Hall–Kier alpha value is -2.19. The number of hydrogen-bond acceptors (Lipinski definition) is 7. The summed E-state index contributed by atoms with van der Waals surface area (Å²) in [6, 6.07) is 2.03. The third-order valence-electron chi connectivity index (χ3n) is 5.59. The highest BCUT2D eigenvalue weighted by Crippen LogP contribution is 2.35. The number of aromatic nitrogens is 1. The largest absolute Gasteiger partial charge is 0.451 e. The number of nitrogen functional groups attached to an aromatic ring is 1. The van der Waals surface area contributed by atoms with E-state index in [2.05, 4.69) is 4.98 Å². The van der Waals surface area contributed by atoms with E-state index in [0.29, 0.717) is 28.5 Å². The molecule has 0 radical (unpaired) electrons. The predicted molar refractivity (Wildman–Crippen MR) is 107 cm³/mol. The fraction of sp³-hybridized carbons (Fsp3) is 0.550. The van der Waals surface area contributed by atoms with E-state index in [0.717, 1.165) is 42.3 Å². The summed E-state index contributed by atoms with van der Waals surface area (Å²) in [4.78, 5) is 32.6. The van der Waals surface area contributed by atoms with Crippen molar-refractivity contribution in [3.63, 3.8) is 0 Å². The number of pyridine rings is 1. The summed E-state index contributed by atoms with van der Waals surface area (Å²) in [7, 11) is 0. The van der Waals surface area contributed by atoms with Gasteiger partial charge in [0.15, 0.2) is 6.61 Å². The van der Waals surface area contributed by atoms with Crippen molar-refractivity contribution in [3.05, 3.63) is 22.2 Å². The summed E-state index contributed by atoms with van der Waals surface area (Å²) in [5.41, 5.74) is 8.41. The van der Waals surface area contributed by atoms with Gasteiger partial charge in [-0.25, -0.2) is 9.78 Å². The van der Waals surface area contributed by atoms with Gasteiger partial charge < -0.3 is 20.1 Å². The van der Waals surface area contributed by atoms with Crippen molar-refractivity contribution in [1.29, 1.82) is 0 Å². The zero-order valence-corrected chi connectivity index (χ0v) is 17.0. The number of fused-ring (bicyclic) bond motifs is 2. The first-order chi connectivity index (χ1) is 13.5. The van der Waals surface area contributed by atoms with Crippen molar-refractivity contribution in [1.82, 2.24) is 9.88 Å². The van der Waals surface area contributed by atoms with Crippen molar-refractivity contribution in [2.24, 2.45) is 0 Å². The third-order valence-corrected chi connectivity index (χ3v) is 6.67. The Balaban J connectivity index is 1.45. The quantitative estimate of drug-likeness (QED) is 0.792. The number of aryl methyl sites for hydroxylation is 2. The van der Waals surface area contributed by atoms with Crippen molar-refractivity contribution < 1.29 is 19.1 Å². The van der Waals surface area contributed by atoms with Crippen molar-refractivity contribution in [2.45, 2.75) is 51.7 Å². The molecule has 1 saturated heterocycles. The SMILES string of the molecule is Cc1cc(C)c2c(N)c(C(=O)OCC(=O)N3CCO[C@@H]4CCCC[C@H]43)sc2n1. The van der Waals surface area contributed by atoms with Crippen LogP contribution in [0.2, 0.25) is 0 Å². The minimum absolute atomic E-state index is 0.0953. The van der Waals surface area contributed by atoms with Gasteiger partial charge in [0.1, 0.15) is 9.71 Å². The molecule has 1 aliphatic heterocycles. The molecular formula is C20H25N3O4S. The van der Waals surface area contributed by atoms with Gasteiger partial charge in [-0.15, -0.1) is 11.3 Å². The van der Waals surface area contributed by atoms with Gasteiger partial charge in [0, 0.05) is 17.6 Å². The average Bonchev–Trinajstić information content (AvgIpc) is 3.02. The lowest BCUT2D eigenvalue weighted by Gasteiger charge is -2.43. The highest BCUT2D eigenvalue weighted by molar-refractivity contribution is 7.21. The number of ether oxygens (including phenoxy) is 2. The van der Waals surface area contributed by atoms with Gasteiger partial charge in [0.25, 0.3) is 5.91 Å². The Labute approximate surface area is 167 Å². The van der Waals surface area contributed by atoms with Crippen LogP contribution in [0.5, 0.6) is 0 Å². The molecular weight excluding hydrogens is 378 g/mol. The van der Waals surface area contributed by atoms with Crippen LogP contribution in [0, 0.1) is 13.8 Å². The van der Waals surface area contributed by atoms with E-state index in [1.165, 1.54) is 11.3 Å². The van der Waals surface area contributed by atoms with Gasteiger partial charge in [0.05, 0.1) is 24.4 Å². The molecule has 28 heavy (non-hydrogen) atoms. The minimum atomic E-state index is -0.570. The number of nitrogens with zero attached hydrogens (tertiary/aromatic N) is 2. The van der Waals surface area contributed by atoms with Crippen LogP contribution in [0.3, 0.4) is 0 Å². The molecule has 2 aliphatic rings. The second-order valence-electron chi connectivity index (χ2n) is 7.53. The number of carbonyl (C=O) groups excluding carboxylic acids is 2. The molecule has 0 unspecified atom stereocenters. The first kappa shape index (κ1) is 19.1. The molecule has 150 valence electrons. The number of morpholine rings is 1. The van der Waals surface area contributed by atoms with E-state index in [1.807, 2.05) is 24.8 Å². The first-order valence-corrected chi connectivity index (χ1v) is 10.5. The number of anilines is 1. The topological polar surface area (TPSA) is 94.8 Å². The van der Waals surface area contributed by atoms with Crippen molar-refractivity contribution in [3.8, 4) is 0 Å². The molecule has 2 aromatic heterocycles. The highest BCUT2D eigenvalue weighted by atomic mass is 32.1. The molecule has 4 rings (SSSR count). The zero-order chi connectivity index (χ0) is 19.8. The molecule has 8 heteroatoms. The maximum atomic E-state index is 12.7. The van der Waals surface area contributed by atoms with Gasteiger partial charge in [-0.2, -0.15) is 0 Å². The van der Waals surface area contributed by atoms with Crippen LogP contribution < -0.4 is 5.73 Å². The van der Waals surface area contributed by atoms with Crippen LogP contribution >= 0.6 is 11.3 Å². The maximum Gasteiger partial charge on any atom is 0.351 e. The molecule has 1 saturated carbocycles. The summed E-state index contributed by atoms with van der Waals surface area (Å²) >= 11 is 1.21. The molecule has 2 aromatic rings. The molecule has 1 aliphatic carbocycles. The Morgan fingerprint density at radius 1 is 1.36 bits per heavy atom. The average molecular weight is 404 g/mol. The Morgan fingerprint density at radius 2 is 2.14 bits per heavy atom. The standard InChI is InChI=1S/C20H25N3O4S/c1-11-9-12(2)22-19-16(11)17(21)18(28-19)20(25)27-10-15(24)23-7-8-26-14-6-4-3-5-13(14)23/h9,13-14H,3-8,10,21H2,1-2H3/t13-,14-/m1/s1. The molecule has 7 nitrogen and oxygen atoms in total. The van der Waals surface area contributed by atoms with E-state index in [1.54, 1.807) is 0 Å². The molecule has 0 aromatic carbocycles. The fourth-order valence-electron chi connectivity index (χ4n) is 4.30. The third kappa shape index (κ3) is 3.46. The normalized spacial score (nSPS) is 22.1. The van der Waals surface area contributed by atoms with Crippen LogP contribution in [0.25, 0.3) is 10.2 Å². The summed E-state index contributed by atoms with van der Waals surface area (Å²) in [5, 5.41) is 0.784. The zero-order valence-electron chi connectivity index (χ0n) is 16.2. The number of amides is 1. The molecule has 2 atom stereocenters. The second-order valence-corrected chi connectivity index (χ2v) is 8.53. The fourth-order valence-corrected chi connectivity index (χ4v) is 5.41. The summed E-state index contributed by atoms with van der Waals surface area (Å²) in [5.74, 6) is -0.738. The minimum Gasteiger partial charge on any atom is -0.451 e. The van der Waals surface area contributed by atoms with E-state index < -0.39 is 5.97 Å². The van der Waals surface area contributed by atoms with Gasteiger partial charge in [0.2, 0.25) is 0 Å². The van der Waals surface area contributed by atoms with Gasteiger partial charge >= 0.3 is 5.97 Å².